The molecule has 2 aliphatic carbocycles. The molecule has 0 radical (unpaired) electrons. The fourth-order valence-electron chi connectivity index (χ4n) is 2.36. The molecule has 0 aromatic carbocycles. The smallest absolute Gasteiger partial charge is 0.166 e. The van der Waals surface area contributed by atoms with Crippen LogP contribution in [-0.4, -0.2) is 10.6 Å². The Bertz CT molecular complexity index is 314. The van der Waals surface area contributed by atoms with Gasteiger partial charge in [0.2, 0.25) is 0 Å². The molecule has 14 heavy (non-hydrogen) atoms. The van der Waals surface area contributed by atoms with Crippen LogP contribution in [-0.2, 0) is 4.79 Å². The van der Waals surface area contributed by atoms with Crippen LogP contribution < -0.4 is 0 Å². The standard InChI is InChI=1S/C12H15BrO/c1-2-4-8-7-10-9(12(8)14)5-3-6-11(10)13/h3,5,8,11H,2,4,6-7H2,1H3. The van der Waals surface area contributed by atoms with E-state index in [2.05, 4.69) is 28.9 Å². The quantitative estimate of drug-likeness (QED) is 0.691. The third-order valence-electron chi connectivity index (χ3n) is 3.09. The van der Waals surface area contributed by atoms with E-state index in [9.17, 15) is 4.79 Å². The average molecular weight is 255 g/mol. The third-order valence-corrected chi connectivity index (χ3v) is 4.02. The first-order valence-electron chi connectivity index (χ1n) is 5.32. The lowest BCUT2D eigenvalue weighted by molar-refractivity contribution is -0.118. The van der Waals surface area contributed by atoms with Crippen molar-refractivity contribution < 1.29 is 4.79 Å². The van der Waals surface area contributed by atoms with Crippen LogP contribution >= 0.6 is 15.9 Å². The summed E-state index contributed by atoms with van der Waals surface area (Å²) >= 11 is 3.64. The summed E-state index contributed by atoms with van der Waals surface area (Å²) in [5.41, 5.74) is 2.34. The number of alkyl halides is 1. The Labute approximate surface area is 93.4 Å². The summed E-state index contributed by atoms with van der Waals surface area (Å²) in [7, 11) is 0. The molecule has 0 fully saturated rings. The van der Waals surface area contributed by atoms with E-state index in [1.807, 2.05) is 6.08 Å². The highest BCUT2D eigenvalue weighted by Crippen LogP contribution is 2.39. The Morgan fingerprint density at radius 3 is 3.00 bits per heavy atom. The van der Waals surface area contributed by atoms with Gasteiger partial charge in [-0.05, 0) is 24.8 Å². The van der Waals surface area contributed by atoms with Crippen molar-refractivity contribution in [1.82, 2.24) is 0 Å². The lowest BCUT2D eigenvalue weighted by Gasteiger charge is -2.13. The predicted molar refractivity (Wildman–Crippen MR) is 61.5 cm³/mol. The van der Waals surface area contributed by atoms with E-state index in [-0.39, 0.29) is 5.92 Å². The molecule has 0 bridgehead atoms. The van der Waals surface area contributed by atoms with Gasteiger partial charge in [0, 0.05) is 16.3 Å². The largest absolute Gasteiger partial charge is 0.294 e. The molecule has 0 aromatic heterocycles. The number of carbonyl (C=O) groups excluding carboxylic acids is 1. The highest BCUT2D eigenvalue weighted by atomic mass is 79.9. The van der Waals surface area contributed by atoms with Gasteiger partial charge in [-0.2, -0.15) is 0 Å². The highest BCUT2D eigenvalue weighted by molar-refractivity contribution is 9.09. The molecule has 1 nitrogen and oxygen atoms in total. The van der Waals surface area contributed by atoms with Crippen molar-refractivity contribution in [3.63, 3.8) is 0 Å². The molecule has 2 unspecified atom stereocenters. The number of hydrogen-bond donors (Lipinski definition) is 0. The number of allylic oxidation sites excluding steroid dienone is 4. The SMILES string of the molecule is CCCC1CC2=C(C=CCC2Br)C1=O. The molecular weight excluding hydrogens is 240 g/mol. The maximum absolute atomic E-state index is 11.9. The minimum atomic E-state index is 0.271. The van der Waals surface area contributed by atoms with Crippen LogP contribution in [0.2, 0.25) is 0 Å². The summed E-state index contributed by atoms with van der Waals surface area (Å²) in [5, 5.41) is 0. The van der Waals surface area contributed by atoms with E-state index >= 15 is 0 Å². The van der Waals surface area contributed by atoms with Gasteiger partial charge in [0.1, 0.15) is 0 Å². The fourth-order valence-corrected chi connectivity index (χ4v) is 3.01. The van der Waals surface area contributed by atoms with Gasteiger partial charge in [0.05, 0.1) is 0 Å². The van der Waals surface area contributed by atoms with Gasteiger partial charge >= 0.3 is 0 Å². The van der Waals surface area contributed by atoms with E-state index < -0.39 is 0 Å². The second-order valence-electron chi connectivity index (χ2n) is 4.10. The highest BCUT2D eigenvalue weighted by Gasteiger charge is 2.34. The molecule has 0 aromatic rings. The minimum Gasteiger partial charge on any atom is -0.294 e. The van der Waals surface area contributed by atoms with Gasteiger partial charge in [0.25, 0.3) is 0 Å². The number of carbonyl (C=O) groups is 1. The summed E-state index contributed by atoms with van der Waals surface area (Å²) in [6.07, 6.45) is 8.29. The zero-order valence-electron chi connectivity index (χ0n) is 8.42. The van der Waals surface area contributed by atoms with E-state index in [1.54, 1.807) is 0 Å². The lowest BCUT2D eigenvalue weighted by atomic mass is 9.98. The summed E-state index contributed by atoms with van der Waals surface area (Å²) in [6.45, 7) is 2.14. The Kier molecular flexibility index (Phi) is 2.91. The van der Waals surface area contributed by atoms with Gasteiger partial charge in [-0.3, -0.25) is 4.79 Å². The van der Waals surface area contributed by atoms with Crippen LogP contribution in [0.4, 0.5) is 0 Å². The predicted octanol–water partition coefficient (Wildman–Crippen LogP) is 3.40. The van der Waals surface area contributed by atoms with Gasteiger partial charge in [-0.15, -0.1) is 0 Å². The van der Waals surface area contributed by atoms with Crippen molar-refractivity contribution in [3.05, 3.63) is 23.3 Å². The molecule has 0 amide bonds. The number of ketones is 1. The summed E-state index contributed by atoms with van der Waals surface area (Å²) in [5.74, 6) is 0.648. The Hall–Kier alpha value is -0.370. The Morgan fingerprint density at radius 2 is 2.36 bits per heavy atom. The molecular formula is C12H15BrO. The van der Waals surface area contributed by atoms with Crippen LogP contribution in [0.3, 0.4) is 0 Å². The number of rotatable bonds is 2. The molecule has 2 heteroatoms. The van der Waals surface area contributed by atoms with Crippen LogP contribution in [0.5, 0.6) is 0 Å². The third kappa shape index (κ3) is 1.60. The summed E-state index contributed by atoms with van der Waals surface area (Å²) < 4.78 is 0. The molecule has 0 saturated heterocycles. The van der Waals surface area contributed by atoms with Crippen LogP contribution in [0.25, 0.3) is 0 Å². The number of halogens is 1. The van der Waals surface area contributed by atoms with Crippen LogP contribution in [0.15, 0.2) is 23.3 Å². The number of Topliss-reactive ketones (excluding diaryl/α,β-unsaturated/α-hetero) is 1. The molecule has 0 spiro atoms. The van der Waals surface area contributed by atoms with Crippen LogP contribution in [0, 0.1) is 5.92 Å². The van der Waals surface area contributed by atoms with Gasteiger partial charge < -0.3 is 0 Å². The van der Waals surface area contributed by atoms with Gasteiger partial charge in [-0.25, -0.2) is 0 Å². The van der Waals surface area contributed by atoms with Gasteiger partial charge in [0.15, 0.2) is 5.78 Å². The first kappa shape index (κ1) is 10.2. The van der Waals surface area contributed by atoms with Crippen molar-refractivity contribution in [2.24, 2.45) is 5.92 Å². The Balaban J connectivity index is 2.20. The normalized spacial score (nSPS) is 31.1. The van der Waals surface area contributed by atoms with E-state index in [4.69, 9.17) is 0 Å². The molecule has 0 heterocycles. The summed E-state index contributed by atoms with van der Waals surface area (Å²) in [6, 6.07) is 0. The molecule has 0 saturated carbocycles. The first-order chi connectivity index (χ1) is 6.74. The Morgan fingerprint density at radius 1 is 1.57 bits per heavy atom. The molecule has 0 aliphatic heterocycles. The van der Waals surface area contributed by atoms with Crippen molar-refractivity contribution in [2.75, 3.05) is 0 Å². The van der Waals surface area contributed by atoms with Gasteiger partial charge in [-0.1, -0.05) is 41.4 Å². The van der Waals surface area contributed by atoms with E-state index in [0.29, 0.717) is 10.6 Å². The van der Waals surface area contributed by atoms with Crippen LogP contribution in [0.1, 0.15) is 32.6 Å². The van der Waals surface area contributed by atoms with Crippen molar-refractivity contribution in [2.45, 2.75) is 37.4 Å². The molecule has 2 aliphatic rings. The summed E-state index contributed by atoms with van der Waals surface area (Å²) in [4.78, 5) is 12.4. The molecule has 2 atom stereocenters. The molecule has 2 rings (SSSR count). The lowest BCUT2D eigenvalue weighted by Crippen LogP contribution is -2.08. The molecule has 76 valence electrons. The zero-order chi connectivity index (χ0) is 10.1. The topological polar surface area (TPSA) is 17.1 Å². The second-order valence-corrected chi connectivity index (χ2v) is 5.20. The van der Waals surface area contributed by atoms with Crippen molar-refractivity contribution >= 4 is 21.7 Å². The maximum Gasteiger partial charge on any atom is 0.166 e. The fraction of sp³-hybridized carbons (Fsp3) is 0.583. The average Bonchev–Trinajstić information content (AvgIpc) is 2.48. The molecule has 0 N–H and O–H groups in total. The minimum absolute atomic E-state index is 0.271. The van der Waals surface area contributed by atoms with Crippen molar-refractivity contribution in [3.8, 4) is 0 Å². The van der Waals surface area contributed by atoms with E-state index in [0.717, 1.165) is 31.3 Å². The maximum atomic E-state index is 11.9. The second kappa shape index (κ2) is 4.01. The monoisotopic (exact) mass is 254 g/mol. The first-order valence-corrected chi connectivity index (χ1v) is 6.23. The van der Waals surface area contributed by atoms with Crippen molar-refractivity contribution in [1.29, 1.82) is 0 Å². The number of hydrogen-bond acceptors (Lipinski definition) is 1. The van der Waals surface area contributed by atoms with E-state index in [1.165, 1.54) is 5.57 Å². The zero-order valence-corrected chi connectivity index (χ0v) is 10.0.